The van der Waals surface area contributed by atoms with Crippen molar-refractivity contribution in [3.63, 3.8) is 0 Å². The minimum absolute atomic E-state index is 0.146. The van der Waals surface area contributed by atoms with Gasteiger partial charge in [0.15, 0.2) is 0 Å². The fraction of sp³-hybridized carbons (Fsp3) is 0.133. The van der Waals surface area contributed by atoms with Crippen LogP contribution in [0.5, 0.6) is 0 Å². The molecule has 108 valence electrons. The van der Waals surface area contributed by atoms with Gasteiger partial charge < -0.3 is 0 Å². The van der Waals surface area contributed by atoms with E-state index in [1.54, 1.807) is 18.2 Å². The molecule has 0 bridgehead atoms. The van der Waals surface area contributed by atoms with Crippen molar-refractivity contribution in [3.05, 3.63) is 69.8 Å². The first kappa shape index (κ1) is 16.0. The molecule has 0 aliphatic rings. The Morgan fingerprint density at radius 1 is 1.19 bits per heavy atom. The predicted molar refractivity (Wildman–Crippen MR) is 94.0 cm³/mol. The summed E-state index contributed by atoms with van der Waals surface area (Å²) in [5.74, 6) is 0.509. The number of hydrogen-bond donors (Lipinski definition) is 0. The number of para-hydroxylation sites is 1. The zero-order valence-corrected chi connectivity index (χ0v) is 13.8. The molecule has 2 aromatic rings. The van der Waals surface area contributed by atoms with Crippen LogP contribution < -0.4 is 0 Å². The van der Waals surface area contributed by atoms with Gasteiger partial charge in [-0.2, -0.15) is 0 Å². The highest BCUT2D eigenvalue weighted by Gasteiger charge is 2.13. The van der Waals surface area contributed by atoms with E-state index in [2.05, 4.69) is 0 Å². The summed E-state index contributed by atoms with van der Waals surface area (Å²) in [7, 11) is 0. The highest BCUT2D eigenvalue weighted by Crippen LogP contribution is 2.30. The van der Waals surface area contributed by atoms with Crippen LogP contribution >= 0.6 is 35.7 Å². The predicted octanol–water partition coefficient (Wildman–Crippen LogP) is 5.21. The van der Waals surface area contributed by atoms with E-state index in [1.165, 1.54) is 35.2 Å². The van der Waals surface area contributed by atoms with Gasteiger partial charge in [-0.25, -0.2) is 0 Å². The zero-order chi connectivity index (χ0) is 15.2. The monoisotopic (exact) mass is 335 g/mol. The molecular formula is C15H13NO2S3. The van der Waals surface area contributed by atoms with Gasteiger partial charge in [0.25, 0.3) is 5.69 Å². The standard InChI is InChI=1S/C15H13NO2S3/c1-11-6-8-13(9-7-11)21-15(19)20-10-12-4-2-3-5-14(12)16(17)18/h2-9H,10H2,1H3. The maximum atomic E-state index is 10.9. The molecule has 21 heavy (non-hydrogen) atoms. The Balaban J connectivity index is 1.95. The van der Waals surface area contributed by atoms with E-state index in [1.807, 2.05) is 31.2 Å². The Labute approximate surface area is 137 Å². The van der Waals surface area contributed by atoms with E-state index >= 15 is 0 Å². The molecule has 0 radical (unpaired) electrons. The van der Waals surface area contributed by atoms with Crippen LogP contribution in [0.4, 0.5) is 5.69 Å². The second-order valence-electron chi connectivity index (χ2n) is 4.34. The molecule has 0 aromatic heterocycles. The Morgan fingerprint density at radius 2 is 1.86 bits per heavy atom. The minimum atomic E-state index is -0.355. The van der Waals surface area contributed by atoms with E-state index in [0.717, 1.165) is 8.42 Å². The molecule has 0 heterocycles. The molecule has 0 unspecified atom stereocenters. The molecule has 0 fully saturated rings. The van der Waals surface area contributed by atoms with Crippen LogP contribution in [-0.4, -0.2) is 8.45 Å². The van der Waals surface area contributed by atoms with Crippen LogP contribution in [0.25, 0.3) is 0 Å². The number of nitro groups is 1. The van der Waals surface area contributed by atoms with E-state index in [-0.39, 0.29) is 10.6 Å². The number of nitrogens with zero attached hydrogens (tertiary/aromatic N) is 1. The highest BCUT2D eigenvalue weighted by atomic mass is 32.2. The summed E-state index contributed by atoms with van der Waals surface area (Å²) in [5, 5.41) is 10.9. The molecule has 0 aliphatic heterocycles. The largest absolute Gasteiger partial charge is 0.273 e. The molecular weight excluding hydrogens is 322 g/mol. The van der Waals surface area contributed by atoms with Crippen molar-refractivity contribution in [2.45, 2.75) is 17.6 Å². The highest BCUT2D eigenvalue weighted by molar-refractivity contribution is 8.46. The van der Waals surface area contributed by atoms with Crippen LogP contribution in [0.3, 0.4) is 0 Å². The SMILES string of the molecule is Cc1ccc(SC(=S)SCc2ccccc2[N+](=O)[O-])cc1. The lowest BCUT2D eigenvalue weighted by molar-refractivity contribution is -0.385. The molecule has 2 aromatic carbocycles. The van der Waals surface area contributed by atoms with Crippen molar-refractivity contribution in [2.75, 3.05) is 0 Å². The van der Waals surface area contributed by atoms with Crippen molar-refractivity contribution in [1.29, 1.82) is 0 Å². The third kappa shape index (κ3) is 4.84. The van der Waals surface area contributed by atoms with Crippen LogP contribution in [-0.2, 0) is 5.75 Å². The smallest absolute Gasteiger partial charge is 0.258 e. The van der Waals surface area contributed by atoms with Crippen LogP contribution in [0, 0.1) is 17.0 Å². The minimum Gasteiger partial charge on any atom is -0.258 e. The molecule has 0 N–H and O–H groups in total. The van der Waals surface area contributed by atoms with Crippen LogP contribution in [0.1, 0.15) is 11.1 Å². The second kappa shape index (κ2) is 7.59. The van der Waals surface area contributed by atoms with Crippen LogP contribution in [0.2, 0.25) is 0 Å². The fourth-order valence-electron chi connectivity index (χ4n) is 1.68. The topological polar surface area (TPSA) is 43.1 Å². The number of rotatable bonds is 4. The second-order valence-corrected chi connectivity index (χ2v) is 7.59. The maximum absolute atomic E-state index is 10.9. The first-order valence-electron chi connectivity index (χ1n) is 6.20. The number of aryl methyl sites for hydroxylation is 1. The Bertz CT molecular complexity index is 656. The van der Waals surface area contributed by atoms with Crippen molar-refractivity contribution in [3.8, 4) is 0 Å². The van der Waals surface area contributed by atoms with Gasteiger partial charge in [-0.1, -0.05) is 59.9 Å². The summed E-state index contributed by atoms with van der Waals surface area (Å²) in [6.45, 7) is 2.04. The van der Waals surface area contributed by atoms with Crippen molar-refractivity contribution in [1.82, 2.24) is 0 Å². The normalized spacial score (nSPS) is 10.3. The Hall–Kier alpha value is -1.37. The van der Waals surface area contributed by atoms with Crippen molar-refractivity contribution < 1.29 is 4.92 Å². The van der Waals surface area contributed by atoms with Gasteiger partial charge in [-0.15, -0.1) is 11.8 Å². The number of thiocarbonyl (C=S) groups is 1. The average Bonchev–Trinajstić information content (AvgIpc) is 2.48. The van der Waals surface area contributed by atoms with Crippen LogP contribution in [0.15, 0.2) is 53.4 Å². The lowest BCUT2D eigenvalue weighted by atomic mass is 10.2. The number of thioether (sulfide) groups is 2. The molecule has 0 saturated heterocycles. The van der Waals surface area contributed by atoms with E-state index in [4.69, 9.17) is 12.2 Å². The molecule has 0 spiro atoms. The summed E-state index contributed by atoms with van der Waals surface area (Å²) < 4.78 is 0.761. The maximum Gasteiger partial charge on any atom is 0.273 e. The van der Waals surface area contributed by atoms with E-state index in [9.17, 15) is 10.1 Å². The molecule has 2 rings (SSSR count). The van der Waals surface area contributed by atoms with Gasteiger partial charge in [0.2, 0.25) is 0 Å². The summed E-state index contributed by atoms with van der Waals surface area (Å²) in [4.78, 5) is 11.7. The number of nitro benzene ring substituents is 1. The van der Waals surface area contributed by atoms with Crippen molar-refractivity contribution in [2.24, 2.45) is 0 Å². The number of benzene rings is 2. The van der Waals surface area contributed by atoms with Gasteiger partial charge in [-0.3, -0.25) is 10.1 Å². The first-order valence-corrected chi connectivity index (χ1v) is 8.41. The molecule has 6 heteroatoms. The molecule has 0 saturated carbocycles. The zero-order valence-electron chi connectivity index (χ0n) is 11.3. The third-order valence-electron chi connectivity index (χ3n) is 2.76. The molecule has 0 atom stereocenters. The van der Waals surface area contributed by atoms with E-state index < -0.39 is 0 Å². The Morgan fingerprint density at radius 3 is 2.52 bits per heavy atom. The third-order valence-corrected chi connectivity index (χ3v) is 5.33. The van der Waals surface area contributed by atoms with Gasteiger partial charge in [0.1, 0.15) is 3.53 Å². The number of hydrogen-bond acceptors (Lipinski definition) is 5. The van der Waals surface area contributed by atoms with Gasteiger partial charge in [0, 0.05) is 22.3 Å². The lowest BCUT2D eigenvalue weighted by Gasteiger charge is -2.05. The van der Waals surface area contributed by atoms with Crippen molar-refractivity contribution >= 4 is 45.0 Å². The van der Waals surface area contributed by atoms with E-state index in [0.29, 0.717) is 11.3 Å². The molecule has 3 nitrogen and oxygen atoms in total. The van der Waals surface area contributed by atoms with Gasteiger partial charge in [-0.05, 0) is 19.1 Å². The summed E-state index contributed by atoms with van der Waals surface area (Å²) in [5.41, 5.74) is 2.05. The summed E-state index contributed by atoms with van der Waals surface area (Å²) >= 11 is 8.29. The first-order chi connectivity index (χ1) is 10.1. The fourth-order valence-corrected chi connectivity index (χ4v) is 3.83. The quantitative estimate of drug-likeness (QED) is 0.332. The molecule has 0 aliphatic carbocycles. The average molecular weight is 335 g/mol. The molecule has 0 amide bonds. The summed E-state index contributed by atoms with van der Waals surface area (Å²) in [6, 6.07) is 14.9. The summed E-state index contributed by atoms with van der Waals surface area (Å²) in [6.07, 6.45) is 0. The Kier molecular flexibility index (Phi) is 5.78. The van der Waals surface area contributed by atoms with Gasteiger partial charge >= 0.3 is 0 Å². The van der Waals surface area contributed by atoms with Gasteiger partial charge in [0.05, 0.1) is 4.92 Å². The lowest BCUT2D eigenvalue weighted by Crippen LogP contribution is -1.94.